The zero-order valence-electron chi connectivity index (χ0n) is 18.1. The van der Waals surface area contributed by atoms with Gasteiger partial charge in [-0.15, -0.1) is 10.2 Å². The molecule has 1 aliphatic heterocycles. The van der Waals surface area contributed by atoms with Gasteiger partial charge in [-0.25, -0.2) is 0 Å². The first kappa shape index (κ1) is 22.9. The van der Waals surface area contributed by atoms with Crippen LogP contribution in [0.2, 0.25) is 0 Å². The molecule has 0 radical (unpaired) electrons. The zero-order chi connectivity index (χ0) is 23.2. The molecule has 33 heavy (non-hydrogen) atoms. The number of carbonyl (C=O) groups excluding carboxylic acids is 1. The van der Waals surface area contributed by atoms with Crippen molar-refractivity contribution in [3.63, 3.8) is 0 Å². The molecular formula is C23H24BrN5O4. The molecule has 3 aromatic rings. The summed E-state index contributed by atoms with van der Waals surface area (Å²) in [6.45, 7) is 2.16. The average Bonchev–Trinajstić information content (AvgIpc) is 3.42. The number of aromatic nitrogens is 1. The molecule has 1 saturated heterocycles. The highest BCUT2D eigenvalue weighted by molar-refractivity contribution is 9.10. The third-order valence-electron chi connectivity index (χ3n) is 5.35. The van der Waals surface area contributed by atoms with Crippen molar-refractivity contribution in [2.24, 2.45) is 15.4 Å². The van der Waals surface area contributed by atoms with Crippen LogP contribution in [0.3, 0.4) is 0 Å². The quantitative estimate of drug-likeness (QED) is 0.264. The summed E-state index contributed by atoms with van der Waals surface area (Å²) in [5.74, 6) is 0.0995. The number of nitrogens with zero attached hydrogens (tertiary/aromatic N) is 5. The molecule has 0 unspecified atom stereocenters. The van der Waals surface area contributed by atoms with Crippen molar-refractivity contribution in [2.75, 3.05) is 26.8 Å². The van der Waals surface area contributed by atoms with Gasteiger partial charge in [-0.2, -0.15) is 0 Å². The van der Waals surface area contributed by atoms with Crippen LogP contribution in [0.25, 0.3) is 10.9 Å². The van der Waals surface area contributed by atoms with E-state index in [2.05, 4.69) is 36.2 Å². The number of carbonyl (C=O) groups is 1. The molecule has 1 N–H and O–H groups in total. The molecule has 9 nitrogen and oxygen atoms in total. The SMILES string of the molecule is COc1ccc(/C=N/OCC(=O)N=Nc2c(O)n(CN3CCCC3)c3ccc(Br)cc23)cc1. The van der Waals surface area contributed by atoms with Gasteiger partial charge < -0.3 is 14.7 Å². The van der Waals surface area contributed by atoms with Crippen molar-refractivity contribution in [1.29, 1.82) is 0 Å². The average molecular weight is 514 g/mol. The molecule has 10 heteroatoms. The molecule has 1 fully saturated rings. The Morgan fingerprint density at radius 1 is 1.18 bits per heavy atom. The largest absolute Gasteiger partial charge is 0.497 e. The zero-order valence-corrected chi connectivity index (χ0v) is 19.7. The van der Waals surface area contributed by atoms with Crippen molar-refractivity contribution in [2.45, 2.75) is 19.5 Å². The lowest BCUT2D eigenvalue weighted by Gasteiger charge is -2.17. The number of amides is 1. The molecule has 0 bridgehead atoms. The molecular weight excluding hydrogens is 490 g/mol. The van der Waals surface area contributed by atoms with Crippen LogP contribution in [0.15, 0.2) is 62.3 Å². The first-order valence-corrected chi connectivity index (χ1v) is 11.3. The smallest absolute Gasteiger partial charge is 0.304 e. The second-order valence-corrected chi connectivity index (χ2v) is 8.52. The first-order chi connectivity index (χ1) is 16.0. The summed E-state index contributed by atoms with van der Waals surface area (Å²) in [5.41, 5.74) is 1.87. The number of ether oxygens (including phenoxy) is 1. The Labute approximate surface area is 199 Å². The number of methoxy groups -OCH3 is 1. The minimum atomic E-state index is -0.614. The second-order valence-electron chi connectivity index (χ2n) is 7.60. The van der Waals surface area contributed by atoms with Crippen molar-refractivity contribution >= 4 is 44.6 Å². The minimum Gasteiger partial charge on any atom is -0.497 e. The van der Waals surface area contributed by atoms with E-state index in [1.807, 2.05) is 30.3 Å². The van der Waals surface area contributed by atoms with Gasteiger partial charge in [0.1, 0.15) is 5.75 Å². The molecule has 0 spiro atoms. The van der Waals surface area contributed by atoms with Crippen LogP contribution in [-0.4, -0.2) is 53.5 Å². The van der Waals surface area contributed by atoms with Crippen LogP contribution >= 0.6 is 15.9 Å². The molecule has 1 aromatic heterocycles. The molecule has 2 heterocycles. The van der Waals surface area contributed by atoms with E-state index in [0.717, 1.165) is 47.2 Å². The number of hydrogen-bond acceptors (Lipinski definition) is 7. The number of hydrogen-bond donors (Lipinski definition) is 1. The van der Waals surface area contributed by atoms with Gasteiger partial charge in [0, 0.05) is 9.86 Å². The highest BCUT2D eigenvalue weighted by atomic mass is 79.9. The predicted molar refractivity (Wildman–Crippen MR) is 128 cm³/mol. The number of benzene rings is 2. The van der Waals surface area contributed by atoms with Gasteiger partial charge in [-0.05, 0) is 74.0 Å². The van der Waals surface area contributed by atoms with E-state index < -0.39 is 5.91 Å². The topological polar surface area (TPSA) is 101 Å². The van der Waals surface area contributed by atoms with E-state index in [-0.39, 0.29) is 18.2 Å². The van der Waals surface area contributed by atoms with Gasteiger partial charge in [0.2, 0.25) is 5.88 Å². The van der Waals surface area contributed by atoms with Gasteiger partial charge in [0.05, 0.1) is 25.5 Å². The van der Waals surface area contributed by atoms with Crippen molar-refractivity contribution in [3.05, 3.63) is 52.5 Å². The van der Waals surface area contributed by atoms with E-state index in [9.17, 15) is 9.90 Å². The lowest BCUT2D eigenvalue weighted by molar-refractivity contribution is -0.122. The van der Waals surface area contributed by atoms with Crippen LogP contribution in [0.5, 0.6) is 11.6 Å². The molecule has 1 aliphatic rings. The fraction of sp³-hybridized carbons (Fsp3) is 0.304. The third-order valence-corrected chi connectivity index (χ3v) is 5.85. The summed E-state index contributed by atoms with van der Waals surface area (Å²) < 4.78 is 7.73. The van der Waals surface area contributed by atoms with Gasteiger partial charge >= 0.3 is 5.91 Å². The summed E-state index contributed by atoms with van der Waals surface area (Å²) in [6.07, 6.45) is 3.78. The lowest BCUT2D eigenvalue weighted by Crippen LogP contribution is -2.22. The predicted octanol–water partition coefficient (Wildman–Crippen LogP) is 4.83. The molecule has 0 saturated carbocycles. The Bertz CT molecular complexity index is 1180. The summed E-state index contributed by atoms with van der Waals surface area (Å²) in [5, 5.41) is 23.1. The number of halogens is 1. The second kappa shape index (κ2) is 10.6. The van der Waals surface area contributed by atoms with Crippen LogP contribution in [-0.2, 0) is 16.3 Å². The number of azo groups is 1. The Hall–Kier alpha value is -3.24. The van der Waals surface area contributed by atoms with Crippen LogP contribution in [0.4, 0.5) is 5.69 Å². The van der Waals surface area contributed by atoms with Crippen LogP contribution in [0.1, 0.15) is 18.4 Å². The normalized spacial score (nSPS) is 14.6. The summed E-state index contributed by atoms with van der Waals surface area (Å²) in [4.78, 5) is 19.4. The van der Waals surface area contributed by atoms with Crippen molar-refractivity contribution < 1.29 is 19.5 Å². The standard InChI is InChI=1S/C23H24BrN5O4/c1-32-18-7-4-16(5-8-18)13-25-33-14-21(30)26-27-22-19-12-17(24)6-9-20(19)29(23(22)31)15-28-10-2-3-11-28/h4-9,12-13,31H,2-3,10-11,14-15H2,1H3/b25-13+,27-26?. The number of fused-ring (bicyclic) bond motifs is 1. The van der Waals surface area contributed by atoms with Crippen molar-refractivity contribution in [1.82, 2.24) is 9.47 Å². The molecule has 172 valence electrons. The molecule has 4 rings (SSSR count). The number of oxime groups is 1. The highest BCUT2D eigenvalue weighted by Gasteiger charge is 2.20. The minimum absolute atomic E-state index is 0.0232. The maximum atomic E-state index is 12.1. The fourth-order valence-electron chi connectivity index (χ4n) is 3.68. The monoisotopic (exact) mass is 513 g/mol. The van der Waals surface area contributed by atoms with E-state index in [4.69, 9.17) is 9.57 Å². The van der Waals surface area contributed by atoms with E-state index in [0.29, 0.717) is 12.1 Å². The Kier molecular flexibility index (Phi) is 7.36. The molecule has 0 atom stereocenters. The van der Waals surface area contributed by atoms with Gasteiger partial charge in [-0.1, -0.05) is 21.1 Å². The van der Waals surface area contributed by atoms with Crippen LogP contribution in [0, 0.1) is 0 Å². The van der Waals surface area contributed by atoms with Gasteiger partial charge in [0.25, 0.3) is 0 Å². The van der Waals surface area contributed by atoms with E-state index >= 15 is 0 Å². The summed E-state index contributed by atoms with van der Waals surface area (Å²) in [7, 11) is 1.59. The first-order valence-electron chi connectivity index (χ1n) is 10.5. The Morgan fingerprint density at radius 3 is 2.67 bits per heavy atom. The molecule has 1 amide bonds. The fourth-order valence-corrected chi connectivity index (χ4v) is 4.04. The number of aromatic hydroxyl groups is 1. The maximum absolute atomic E-state index is 12.1. The van der Waals surface area contributed by atoms with Crippen LogP contribution < -0.4 is 4.74 Å². The van der Waals surface area contributed by atoms with Gasteiger partial charge in [-0.3, -0.25) is 14.3 Å². The third kappa shape index (κ3) is 5.58. The summed E-state index contributed by atoms with van der Waals surface area (Å²) >= 11 is 3.45. The van der Waals surface area contributed by atoms with Gasteiger partial charge in [0.15, 0.2) is 12.3 Å². The highest BCUT2D eigenvalue weighted by Crippen LogP contribution is 2.40. The van der Waals surface area contributed by atoms with E-state index in [1.54, 1.807) is 23.8 Å². The molecule has 2 aromatic carbocycles. The Morgan fingerprint density at radius 2 is 1.94 bits per heavy atom. The molecule has 0 aliphatic carbocycles. The number of likely N-dealkylation sites (tertiary alicyclic amines) is 1. The summed E-state index contributed by atoms with van der Waals surface area (Å²) in [6, 6.07) is 12.9. The lowest BCUT2D eigenvalue weighted by atomic mass is 10.2. The number of rotatable bonds is 8. The van der Waals surface area contributed by atoms with E-state index in [1.165, 1.54) is 6.21 Å². The maximum Gasteiger partial charge on any atom is 0.304 e. The van der Waals surface area contributed by atoms with Crippen molar-refractivity contribution in [3.8, 4) is 11.6 Å². The Balaban J connectivity index is 1.44.